The fourth-order valence-electron chi connectivity index (χ4n) is 3.20. The van der Waals surface area contributed by atoms with E-state index in [2.05, 4.69) is 47.7 Å². The number of aryl methyl sites for hydroxylation is 2. The molecular formula is C20H25ClN2OS. The van der Waals surface area contributed by atoms with Crippen molar-refractivity contribution in [2.45, 2.75) is 44.2 Å². The van der Waals surface area contributed by atoms with Crippen LogP contribution < -0.4 is 4.72 Å². The van der Waals surface area contributed by atoms with Crippen LogP contribution in [-0.2, 0) is 6.54 Å². The van der Waals surface area contributed by atoms with Crippen LogP contribution in [0, 0.1) is 13.8 Å². The first-order chi connectivity index (χ1) is 12.1. The summed E-state index contributed by atoms with van der Waals surface area (Å²) in [5, 5.41) is 10.3. The van der Waals surface area contributed by atoms with Gasteiger partial charge in [-0.05, 0) is 86.1 Å². The highest BCUT2D eigenvalue weighted by molar-refractivity contribution is 8.00. The van der Waals surface area contributed by atoms with E-state index in [4.69, 9.17) is 11.6 Å². The molecule has 0 aliphatic carbocycles. The molecule has 2 N–H and O–H groups in total. The van der Waals surface area contributed by atoms with Gasteiger partial charge in [0.05, 0.1) is 12.3 Å². The van der Waals surface area contributed by atoms with Crippen molar-refractivity contribution in [3.05, 3.63) is 58.1 Å². The molecule has 0 amide bonds. The van der Waals surface area contributed by atoms with E-state index in [0.717, 1.165) is 36.6 Å². The van der Waals surface area contributed by atoms with Gasteiger partial charge < -0.3 is 9.83 Å². The number of rotatable bonds is 6. The van der Waals surface area contributed by atoms with Gasteiger partial charge in [0.2, 0.25) is 0 Å². The van der Waals surface area contributed by atoms with E-state index in [-0.39, 0.29) is 12.6 Å². The van der Waals surface area contributed by atoms with Crippen LogP contribution in [0.25, 0.3) is 0 Å². The third-order valence-electron chi connectivity index (χ3n) is 4.91. The van der Waals surface area contributed by atoms with Gasteiger partial charge in [0.1, 0.15) is 0 Å². The summed E-state index contributed by atoms with van der Waals surface area (Å²) < 4.78 is 3.47. The largest absolute Gasteiger partial charge is 0.395 e. The highest BCUT2D eigenvalue weighted by atomic mass is 35.5. The molecule has 134 valence electrons. The van der Waals surface area contributed by atoms with Gasteiger partial charge in [-0.1, -0.05) is 23.7 Å². The van der Waals surface area contributed by atoms with Crippen molar-refractivity contribution < 1.29 is 5.11 Å². The van der Waals surface area contributed by atoms with Gasteiger partial charge >= 0.3 is 0 Å². The third-order valence-corrected chi connectivity index (χ3v) is 5.96. The number of aliphatic hydroxyl groups excluding tert-OH is 1. The zero-order valence-electron chi connectivity index (χ0n) is 14.8. The number of hydrogen-bond acceptors (Lipinski definition) is 4. The molecule has 0 spiro atoms. The molecule has 1 unspecified atom stereocenters. The summed E-state index contributed by atoms with van der Waals surface area (Å²) in [7, 11) is 0. The predicted octanol–water partition coefficient (Wildman–Crippen LogP) is 5.03. The lowest BCUT2D eigenvalue weighted by Gasteiger charge is -2.24. The standard InChI is InChI=1S/C20H25ClN2OS/c1-14-5-8-19(10-15(14)2)25-22-20-11-17(21)7-6-16(20)12-23-9-3-4-18(23)13-24/h5-8,10-11,18,22,24H,3-4,9,12-13H2,1-2H3. The van der Waals surface area contributed by atoms with Gasteiger partial charge in [-0.3, -0.25) is 4.90 Å². The molecule has 0 bridgehead atoms. The Bertz CT molecular complexity index is 738. The van der Waals surface area contributed by atoms with E-state index in [9.17, 15) is 5.11 Å². The van der Waals surface area contributed by atoms with Crippen LogP contribution in [0.15, 0.2) is 41.3 Å². The van der Waals surface area contributed by atoms with Gasteiger partial charge in [-0.25, -0.2) is 0 Å². The molecule has 0 saturated carbocycles. The van der Waals surface area contributed by atoms with Gasteiger partial charge in [0.15, 0.2) is 0 Å². The monoisotopic (exact) mass is 376 g/mol. The SMILES string of the molecule is Cc1ccc(SNc2cc(Cl)ccc2CN2CCCC2CO)cc1C. The van der Waals surface area contributed by atoms with E-state index < -0.39 is 0 Å². The number of nitrogens with zero attached hydrogens (tertiary/aromatic N) is 1. The fourth-order valence-corrected chi connectivity index (χ4v) is 4.16. The third kappa shape index (κ3) is 4.70. The number of aliphatic hydroxyl groups is 1. The average molecular weight is 377 g/mol. The molecule has 1 saturated heterocycles. The number of hydrogen-bond donors (Lipinski definition) is 2. The Hall–Kier alpha value is -1.20. The lowest BCUT2D eigenvalue weighted by atomic mass is 10.1. The number of benzene rings is 2. The molecule has 3 nitrogen and oxygen atoms in total. The minimum absolute atomic E-state index is 0.230. The Morgan fingerprint density at radius 1 is 1.20 bits per heavy atom. The first-order valence-corrected chi connectivity index (χ1v) is 9.89. The summed E-state index contributed by atoms with van der Waals surface area (Å²) in [5.74, 6) is 0. The van der Waals surface area contributed by atoms with Crippen LogP contribution in [0.1, 0.15) is 29.5 Å². The normalized spacial score (nSPS) is 17.8. The molecule has 1 heterocycles. The van der Waals surface area contributed by atoms with E-state index in [1.165, 1.54) is 21.6 Å². The van der Waals surface area contributed by atoms with Crippen molar-refractivity contribution in [1.29, 1.82) is 0 Å². The zero-order chi connectivity index (χ0) is 17.8. The fraction of sp³-hybridized carbons (Fsp3) is 0.400. The van der Waals surface area contributed by atoms with Crippen molar-refractivity contribution in [2.24, 2.45) is 0 Å². The highest BCUT2D eigenvalue weighted by Crippen LogP contribution is 2.30. The van der Waals surface area contributed by atoms with Gasteiger partial charge in [0.25, 0.3) is 0 Å². The lowest BCUT2D eigenvalue weighted by Crippen LogP contribution is -2.31. The van der Waals surface area contributed by atoms with Crippen LogP contribution in [0.3, 0.4) is 0 Å². The molecule has 1 fully saturated rings. The van der Waals surface area contributed by atoms with E-state index in [1.807, 2.05) is 12.1 Å². The van der Waals surface area contributed by atoms with Crippen LogP contribution in [-0.4, -0.2) is 29.2 Å². The summed E-state index contributed by atoms with van der Waals surface area (Å²) >= 11 is 7.82. The van der Waals surface area contributed by atoms with Crippen molar-refractivity contribution in [3.8, 4) is 0 Å². The topological polar surface area (TPSA) is 35.5 Å². The summed E-state index contributed by atoms with van der Waals surface area (Å²) in [5.41, 5.74) is 4.85. The Balaban J connectivity index is 1.73. The van der Waals surface area contributed by atoms with Crippen molar-refractivity contribution >= 4 is 29.2 Å². The Morgan fingerprint density at radius 2 is 2.04 bits per heavy atom. The van der Waals surface area contributed by atoms with E-state index in [1.54, 1.807) is 11.9 Å². The van der Waals surface area contributed by atoms with Gasteiger partial charge in [-0.2, -0.15) is 0 Å². The Kier molecular flexibility index (Phi) is 6.29. The molecule has 1 atom stereocenters. The highest BCUT2D eigenvalue weighted by Gasteiger charge is 2.24. The minimum Gasteiger partial charge on any atom is -0.395 e. The molecule has 0 radical (unpaired) electrons. The molecule has 2 aromatic carbocycles. The Morgan fingerprint density at radius 3 is 2.80 bits per heavy atom. The quantitative estimate of drug-likeness (QED) is 0.693. The van der Waals surface area contributed by atoms with Crippen LogP contribution in [0.4, 0.5) is 5.69 Å². The average Bonchev–Trinajstić information content (AvgIpc) is 3.05. The van der Waals surface area contributed by atoms with Gasteiger partial charge in [-0.15, -0.1) is 0 Å². The zero-order valence-corrected chi connectivity index (χ0v) is 16.3. The maximum Gasteiger partial charge on any atom is 0.0587 e. The van der Waals surface area contributed by atoms with Crippen molar-refractivity contribution in [3.63, 3.8) is 0 Å². The second-order valence-electron chi connectivity index (χ2n) is 6.70. The molecule has 1 aliphatic heterocycles. The molecular weight excluding hydrogens is 352 g/mol. The van der Waals surface area contributed by atoms with Crippen LogP contribution in [0.5, 0.6) is 0 Å². The molecule has 1 aliphatic rings. The summed E-state index contributed by atoms with van der Waals surface area (Å²) in [6.45, 7) is 6.36. The maximum atomic E-state index is 9.55. The van der Waals surface area contributed by atoms with Crippen LogP contribution in [0.2, 0.25) is 5.02 Å². The number of nitrogens with one attached hydrogen (secondary N) is 1. The summed E-state index contributed by atoms with van der Waals surface area (Å²) in [6, 6.07) is 12.7. The summed E-state index contributed by atoms with van der Waals surface area (Å²) in [4.78, 5) is 3.54. The molecule has 0 aromatic heterocycles. The lowest BCUT2D eigenvalue weighted by molar-refractivity contribution is 0.154. The van der Waals surface area contributed by atoms with E-state index in [0.29, 0.717) is 0 Å². The van der Waals surface area contributed by atoms with Crippen LogP contribution >= 0.6 is 23.5 Å². The molecule has 5 heteroatoms. The van der Waals surface area contributed by atoms with E-state index >= 15 is 0 Å². The molecule has 25 heavy (non-hydrogen) atoms. The first-order valence-electron chi connectivity index (χ1n) is 8.70. The first kappa shape index (κ1) is 18.6. The second kappa shape index (κ2) is 8.45. The van der Waals surface area contributed by atoms with Crippen molar-refractivity contribution in [1.82, 2.24) is 4.90 Å². The molecule has 3 rings (SSSR count). The van der Waals surface area contributed by atoms with Gasteiger partial charge in [0, 0.05) is 22.5 Å². The maximum absolute atomic E-state index is 9.55. The Labute approximate surface area is 159 Å². The summed E-state index contributed by atoms with van der Waals surface area (Å²) in [6.07, 6.45) is 2.23. The predicted molar refractivity (Wildman–Crippen MR) is 107 cm³/mol. The number of likely N-dealkylation sites (tertiary alicyclic amines) is 1. The van der Waals surface area contributed by atoms with Crippen molar-refractivity contribution in [2.75, 3.05) is 17.9 Å². The number of halogens is 1. The second-order valence-corrected chi connectivity index (χ2v) is 8.02. The smallest absolute Gasteiger partial charge is 0.0587 e. The molecule has 2 aromatic rings. The minimum atomic E-state index is 0.230. The number of anilines is 1.